The summed E-state index contributed by atoms with van der Waals surface area (Å²) in [6.07, 6.45) is 5.13. The summed E-state index contributed by atoms with van der Waals surface area (Å²) in [5.74, 6) is -1.28. The third-order valence-electron chi connectivity index (χ3n) is 3.78. The van der Waals surface area contributed by atoms with Crippen LogP contribution in [0.3, 0.4) is 0 Å². The zero-order valence-corrected chi connectivity index (χ0v) is 13.2. The minimum absolute atomic E-state index is 0.0118. The minimum Gasteiger partial charge on any atom is -0.478 e. The van der Waals surface area contributed by atoms with Crippen LogP contribution < -0.4 is 5.32 Å². The van der Waals surface area contributed by atoms with Crippen molar-refractivity contribution in [2.24, 2.45) is 0 Å². The number of hydrogen-bond acceptors (Lipinski definition) is 4. The molecule has 1 saturated carbocycles. The van der Waals surface area contributed by atoms with E-state index in [-0.39, 0.29) is 24.2 Å². The summed E-state index contributed by atoms with van der Waals surface area (Å²) in [6, 6.07) is 0. The molecule has 0 unspecified atom stereocenters. The van der Waals surface area contributed by atoms with Crippen molar-refractivity contribution < 1.29 is 19.4 Å². The fourth-order valence-electron chi connectivity index (χ4n) is 2.73. The van der Waals surface area contributed by atoms with Gasteiger partial charge in [-0.3, -0.25) is 4.79 Å². The van der Waals surface area contributed by atoms with Crippen LogP contribution >= 0.6 is 11.3 Å². The molecule has 2 rings (SSSR count). The lowest BCUT2D eigenvalue weighted by Crippen LogP contribution is -2.22. The van der Waals surface area contributed by atoms with Crippen LogP contribution in [0, 0.1) is 6.92 Å². The number of aryl methyl sites for hydroxylation is 1. The SMILES string of the molecule is CCc1c(C)sc(NC(=O)COC2CCCC2)c1C(=O)O. The van der Waals surface area contributed by atoms with Gasteiger partial charge in [0.05, 0.1) is 11.7 Å². The maximum absolute atomic E-state index is 11.9. The highest BCUT2D eigenvalue weighted by Gasteiger charge is 2.22. The molecule has 5 nitrogen and oxygen atoms in total. The third-order valence-corrected chi connectivity index (χ3v) is 4.84. The lowest BCUT2D eigenvalue weighted by molar-refractivity contribution is -0.122. The number of anilines is 1. The molecule has 0 bridgehead atoms. The fraction of sp³-hybridized carbons (Fsp3) is 0.600. The minimum atomic E-state index is -0.997. The molecule has 6 heteroatoms. The number of rotatable bonds is 6. The van der Waals surface area contributed by atoms with Gasteiger partial charge in [-0.2, -0.15) is 0 Å². The number of hydrogen-bond donors (Lipinski definition) is 2. The number of thiophene rings is 1. The standard InChI is InChI=1S/C15H21NO4S/c1-3-11-9(2)21-14(13(11)15(18)19)16-12(17)8-20-10-6-4-5-7-10/h10H,3-8H2,1-2H3,(H,16,17)(H,18,19). The Hall–Kier alpha value is -1.40. The summed E-state index contributed by atoms with van der Waals surface area (Å²) in [5.41, 5.74) is 1.01. The van der Waals surface area contributed by atoms with Gasteiger partial charge in [-0.25, -0.2) is 4.79 Å². The van der Waals surface area contributed by atoms with Gasteiger partial charge < -0.3 is 15.2 Å². The van der Waals surface area contributed by atoms with Crippen molar-refractivity contribution in [2.75, 3.05) is 11.9 Å². The first kappa shape index (κ1) is 16.0. The van der Waals surface area contributed by atoms with Crippen molar-refractivity contribution >= 4 is 28.2 Å². The van der Waals surface area contributed by atoms with Crippen LogP contribution in [-0.2, 0) is 16.0 Å². The summed E-state index contributed by atoms with van der Waals surface area (Å²) in [4.78, 5) is 24.3. The Balaban J connectivity index is 2.01. The third kappa shape index (κ3) is 3.83. The van der Waals surface area contributed by atoms with E-state index in [4.69, 9.17) is 4.74 Å². The molecule has 0 radical (unpaired) electrons. The van der Waals surface area contributed by atoms with Crippen LogP contribution in [0.15, 0.2) is 0 Å². The second-order valence-corrected chi connectivity index (χ2v) is 6.49. The molecular formula is C15H21NO4S. The van der Waals surface area contributed by atoms with Crippen LogP contribution in [-0.4, -0.2) is 29.7 Å². The van der Waals surface area contributed by atoms with Crippen LogP contribution in [0.4, 0.5) is 5.00 Å². The Labute approximate surface area is 128 Å². The van der Waals surface area contributed by atoms with Crippen LogP contribution in [0.1, 0.15) is 53.4 Å². The van der Waals surface area contributed by atoms with E-state index in [1.165, 1.54) is 11.3 Å². The highest BCUT2D eigenvalue weighted by atomic mass is 32.1. The Morgan fingerprint density at radius 2 is 2.05 bits per heavy atom. The quantitative estimate of drug-likeness (QED) is 0.846. The summed E-state index contributed by atoms with van der Waals surface area (Å²) >= 11 is 1.31. The lowest BCUT2D eigenvalue weighted by atomic mass is 10.1. The van der Waals surface area contributed by atoms with Crippen molar-refractivity contribution in [1.29, 1.82) is 0 Å². The lowest BCUT2D eigenvalue weighted by Gasteiger charge is -2.10. The second kappa shape index (κ2) is 7.04. The first-order valence-electron chi connectivity index (χ1n) is 7.30. The summed E-state index contributed by atoms with van der Waals surface area (Å²) < 4.78 is 5.55. The van der Waals surface area contributed by atoms with Crippen LogP contribution in [0.2, 0.25) is 0 Å². The highest BCUT2D eigenvalue weighted by Crippen LogP contribution is 2.33. The molecule has 1 aliphatic rings. The Kier molecular flexibility index (Phi) is 5.36. The number of aromatic carboxylic acids is 1. The maximum Gasteiger partial charge on any atom is 0.339 e. The summed E-state index contributed by atoms with van der Waals surface area (Å²) in [5, 5.41) is 12.4. The zero-order chi connectivity index (χ0) is 15.4. The van der Waals surface area contributed by atoms with Gasteiger partial charge in [-0.15, -0.1) is 11.3 Å². The number of carbonyl (C=O) groups excluding carboxylic acids is 1. The number of nitrogens with one attached hydrogen (secondary N) is 1. The van der Waals surface area contributed by atoms with Crippen molar-refractivity contribution in [3.05, 3.63) is 16.0 Å². The van der Waals surface area contributed by atoms with Crippen molar-refractivity contribution in [1.82, 2.24) is 0 Å². The van der Waals surface area contributed by atoms with Gasteiger partial charge in [0.25, 0.3) is 5.91 Å². The van der Waals surface area contributed by atoms with Crippen molar-refractivity contribution in [2.45, 2.75) is 52.1 Å². The normalized spacial score (nSPS) is 15.3. The van der Waals surface area contributed by atoms with Crippen LogP contribution in [0.25, 0.3) is 0 Å². The highest BCUT2D eigenvalue weighted by molar-refractivity contribution is 7.16. The summed E-state index contributed by atoms with van der Waals surface area (Å²) in [6.45, 7) is 3.78. The van der Waals surface area contributed by atoms with Crippen molar-refractivity contribution in [3.63, 3.8) is 0 Å². The van der Waals surface area contributed by atoms with E-state index >= 15 is 0 Å². The molecule has 1 aromatic rings. The molecule has 116 valence electrons. The second-order valence-electron chi connectivity index (χ2n) is 5.27. The van der Waals surface area contributed by atoms with E-state index in [9.17, 15) is 14.7 Å². The monoisotopic (exact) mass is 311 g/mol. The molecule has 1 aromatic heterocycles. The smallest absolute Gasteiger partial charge is 0.339 e. The molecule has 1 aliphatic carbocycles. The van der Waals surface area contributed by atoms with E-state index in [2.05, 4.69) is 5.32 Å². The molecule has 1 amide bonds. The Morgan fingerprint density at radius 1 is 1.38 bits per heavy atom. The maximum atomic E-state index is 11.9. The van der Waals surface area contributed by atoms with Gasteiger partial charge in [0, 0.05) is 4.88 Å². The first-order valence-corrected chi connectivity index (χ1v) is 8.11. The summed E-state index contributed by atoms with van der Waals surface area (Å²) in [7, 11) is 0. The molecule has 2 N–H and O–H groups in total. The van der Waals surface area contributed by atoms with E-state index < -0.39 is 5.97 Å². The number of ether oxygens (including phenoxy) is 1. The van der Waals surface area contributed by atoms with Gasteiger partial charge in [0.2, 0.25) is 0 Å². The zero-order valence-electron chi connectivity index (χ0n) is 12.4. The predicted octanol–water partition coefficient (Wildman–Crippen LogP) is 3.21. The average Bonchev–Trinajstić information content (AvgIpc) is 3.03. The Bertz CT molecular complexity index is 532. The molecule has 1 heterocycles. The van der Waals surface area contributed by atoms with Gasteiger partial charge in [-0.05, 0) is 31.7 Å². The van der Waals surface area contributed by atoms with Crippen LogP contribution in [0.5, 0.6) is 0 Å². The number of amides is 1. The number of carbonyl (C=O) groups is 2. The largest absolute Gasteiger partial charge is 0.478 e. The van der Waals surface area contributed by atoms with E-state index in [1.54, 1.807) is 0 Å². The number of carboxylic acid groups (broad SMARTS) is 1. The molecule has 21 heavy (non-hydrogen) atoms. The Morgan fingerprint density at radius 3 is 2.62 bits per heavy atom. The average molecular weight is 311 g/mol. The van der Waals surface area contributed by atoms with E-state index in [0.717, 1.165) is 36.1 Å². The molecule has 0 aliphatic heterocycles. The molecule has 0 aromatic carbocycles. The van der Waals surface area contributed by atoms with E-state index in [0.29, 0.717) is 11.4 Å². The van der Waals surface area contributed by atoms with Gasteiger partial charge >= 0.3 is 5.97 Å². The van der Waals surface area contributed by atoms with Gasteiger partial charge in [0.15, 0.2) is 0 Å². The predicted molar refractivity (Wildman–Crippen MR) is 82.2 cm³/mol. The number of carboxylic acids is 1. The van der Waals surface area contributed by atoms with Crippen molar-refractivity contribution in [3.8, 4) is 0 Å². The van der Waals surface area contributed by atoms with Gasteiger partial charge in [-0.1, -0.05) is 19.8 Å². The molecule has 0 atom stereocenters. The van der Waals surface area contributed by atoms with E-state index in [1.807, 2.05) is 13.8 Å². The first-order chi connectivity index (χ1) is 10.0. The topological polar surface area (TPSA) is 75.6 Å². The fourth-order valence-corrected chi connectivity index (χ4v) is 3.88. The molecule has 0 spiro atoms. The van der Waals surface area contributed by atoms with Gasteiger partial charge in [0.1, 0.15) is 11.6 Å². The molecular weight excluding hydrogens is 290 g/mol. The molecule has 1 fully saturated rings. The molecule has 0 saturated heterocycles.